The molecule has 0 fully saturated rings. The molecule has 0 amide bonds. The molecule has 3 aromatic heterocycles. The van der Waals surface area contributed by atoms with Crippen LogP contribution in [0.4, 0.5) is 11.6 Å². The number of thiophene rings is 1. The zero-order valence-electron chi connectivity index (χ0n) is 18.4. The fraction of sp³-hybridized carbons (Fsp3) is 0. The molecule has 5 rings (SSSR count). The summed E-state index contributed by atoms with van der Waals surface area (Å²) in [5.41, 5.74) is 1.21. The van der Waals surface area contributed by atoms with Crippen LogP contribution in [0.25, 0.3) is 16.3 Å². The summed E-state index contributed by atoms with van der Waals surface area (Å²) in [5, 5.41) is 6.37. The number of aromatic nitrogens is 4. The van der Waals surface area contributed by atoms with Gasteiger partial charge in [0.15, 0.2) is 0 Å². The third kappa shape index (κ3) is 4.98. The fourth-order valence-electron chi connectivity index (χ4n) is 3.29. The van der Waals surface area contributed by atoms with Crippen molar-refractivity contribution in [2.24, 2.45) is 0 Å². The highest BCUT2D eigenvalue weighted by molar-refractivity contribution is 7.93. The van der Waals surface area contributed by atoms with E-state index in [1.165, 1.54) is 58.9 Å². The van der Waals surface area contributed by atoms with Crippen LogP contribution in [-0.4, -0.2) is 36.6 Å². The third-order valence-electron chi connectivity index (χ3n) is 4.95. The zero-order valence-corrected chi connectivity index (χ0v) is 20.8. The Kier molecular flexibility index (Phi) is 6.26. The molecule has 36 heavy (non-hydrogen) atoms. The summed E-state index contributed by atoms with van der Waals surface area (Å²) >= 11 is 1.37. The molecule has 182 valence electrons. The molecule has 3 heterocycles. The molecule has 13 heteroatoms. The molecule has 5 aromatic rings. The van der Waals surface area contributed by atoms with Gasteiger partial charge in [-0.2, -0.15) is 5.10 Å². The number of benzene rings is 2. The van der Waals surface area contributed by atoms with Gasteiger partial charge in [-0.25, -0.2) is 36.2 Å². The predicted molar refractivity (Wildman–Crippen MR) is 137 cm³/mol. The van der Waals surface area contributed by atoms with Gasteiger partial charge in [0.2, 0.25) is 5.95 Å². The van der Waals surface area contributed by atoms with E-state index in [2.05, 4.69) is 24.5 Å². The largest absolute Gasteiger partial charge is 0.280 e. The van der Waals surface area contributed by atoms with Crippen LogP contribution in [0.1, 0.15) is 0 Å². The van der Waals surface area contributed by atoms with Gasteiger partial charge in [0.05, 0.1) is 21.7 Å². The lowest BCUT2D eigenvalue weighted by atomic mass is 10.3. The van der Waals surface area contributed by atoms with E-state index in [1.54, 1.807) is 12.1 Å². The van der Waals surface area contributed by atoms with Gasteiger partial charge in [0.1, 0.15) is 10.6 Å². The van der Waals surface area contributed by atoms with E-state index in [-0.39, 0.29) is 21.4 Å². The Hall–Kier alpha value is -4.07. The highest BCUT2D eigenvalue weighted by Crippen LogP contribution is 2.32. The van der Waals surface area contributed by atoms with Crippen molar-refractivity contribution in [2.45, 2.75) is 9.79 Å². The summed E-state index contributed by atoms with van der Waals surface area (Å²) in [6.45, 7) is 0. The van der Waals surface area contributed by atoms with Gasteiger partial charge >= 0.3 is 0 Å². The van der Waals surface area contributed by atoms with Crippen molar-refractivity contribution in [1.29, 1.82) is 0 Å². The van der Waals surface area contributed by atoms with Crippen molar-refractivity contribution < 1.29 is 16.8 Å². The highest BCUT2D eigenvalue weighted by Gasteiger charge is 2.25. The van der Waals surface area contributed by atoms with E-state index in [4.69, 9.17) is 0 Å². The quantitative estimate of drug-likeness (QED) is 0.305. The SMILES string of the molecule is O=S(=O)(Nc1ncccn1)c1ccc(NS(=O)(=O)c2cn(-c3ccccc3)nc2-c2cccs2)cc1. The Bertz CT molecular complexity index is 1690. The maximum Gasteiger partial charge on any atom is 0.265 e. The van der Waals surface area contributed by atoms with Gasteiger partial charge in [-0.3, -0.25) is 4.72 Å². The topological polar surface area (TPSA) is 136 Å². The van der Waals surface area contributed by atoms with Gasteiger partial charge in [0.25, 0.3) is 20.0 Å². The van der Waals surface area contributed by atoms with Gasteiger partial charge in [0, 0.05) is 18.1 Å². The molecule has 0 aliphatic rings. The first-order valence-electron chi connectivity index (χ1n) is 10.4. The van der Waals surface area contributed by atoms with Crippen molar-refractivity contribution in [3.63, 3.8) is 0 Å². The van der Waals surface area contributed by atoms with Crippen LogP contribution in [0.5, 0.6) is 0 Å². The molecular weight excluding hydrogens is 520 g/mol. The summed E-state index contributed by atoms with van der Waals surface area (Å²) in [6, 6.07) is 19.7. The van der Waals surface area contributed by atoms with E-state index in [9.17, 15) is 16.8 Å². The van der Waals surface area contributed by atoms with Gasteiger partial charge < -0.3 is 0 Å². The van der Waals surface area contributed by atoms with Gasteiger partial charge in [-0.15, -0.1) is 11.3 Å². The average Bonchev–Trinajstić information content (AvgIpc) is 3.56. The minimum Gasteiger partial charge on any atom is -0.280 e. The molecular formula is C23H18N6O4S3. The van der Waals surface area contributed by atoms with Crippen LogP contribution in [0, 0.1) is 0 Å². The summed E-state index contributed by atoms with van der Waals surface area (Å²) in [7, 11) is -8.02. The van der Waals surface area contributed by atoms with Crippen molar-refractivity contribution in [3.8, 4) is 16.3 Å². The molecule has 0 atom stereocenters. The second-order valence-electron chi connectivity index (χ2n) is 7.41. The molecule has 0 unspecified atom stereocenters. The smallest absolute Gasteiger partial charge is 0.265 e. The number of hydrogen-bond acceptors (Lipinski definition) is 8. The first kappa shape index (κ1) is 23.7. The van der Waals surface area contributed by atoms with Crippen LogP contribution < -0.4 is 9.44 Å². The molecule has 2 N–H and O–H groups in total. The predicted octanol–water partition coefficient (Wildman–Crippen LogP) is 3.99. The molecule has 0 spiro atoms. The summed E-state index contributed by atoms with van der Waals surface area (Å²) in [5.74, 6) is -0.0705. The minimum atomic E-state index is -4.07. The third-order valence-corrected chi connectivity index (χ3v) is 8.56. The van der Waals surface area contributed by atoms with Gasteiger partial charge in [-0.1, -0.05) is 24.3 Å². The lowest BCUT2D eigenvalue weighted by Crippen LogP contribution is -2.15. The highest BCUT2D eigenvalue weighted by atomic mass is 32.2. The Morgan fingerprint density at radius 3 is 2.14 bits per heavy atom. The lowest BCUT2D eigenvalue weighted by Gasteiger charge is -2.09. The van der Waals surface area contributed by atoms with Crippen LogP contribution >= 0.6 is 11.3 Å². The average molecular weight is 539 g/mol. The van der Waals surface area contributed by atoms with E-state index in [0.717, 1.165) is 0 Å². The number of sulfonamides is 2. The number of para-hydroxylation sites is 1. The van der Waals surface area contributed by atoms with E-state index in [1.807, 2.05) is 41.8 Å². The zero-order chi connectivity index (χ0) is 25.2. The van der Waals surface area contributed by atoms with E-state index < -0.39 is 20.0 Å². The standard InChI is InChI=1S/C23H18N6O4S3/c30-35(31,28-23-24-13-5-14-25-23)19-11-9-17(10-12-19)27-36(32,33)21-16-29(18-6-2-1-3-7-18)26-22(21)20-8-4-15-34-20/h1-16,27H,(H,24,25,28). The van der Waals surface area contributed by atoms with Crippen molar-refractivity contribution in [1.82, 2.24) is 19.7 Å². The van der Waals surface area contributed by atoms with E-state index in [0.29, 0.717) is 16.3 Å². The molecule has 2 aromatic carbocycles. The van der Waals surface area contributed by atoms with E-state index >= 15 is 0 Å². The van der Waals surface area contributed by atoms with Crippen LogP contribution in [0.3, 0.4) is 0 Å². The molecule has 10 nitrogen and oxygen atoms in total. The molecule has 0 aliphatic carbocycles. The summed E-state index contributed by atoms with van der Waals surface area (Å²) in [4.78, 5) is 8.30. The maximum absolute atomic E-state index is 13.4. The summed E-state index contributed by atoms with van der Waals surface area (Å²) < 4.78 is 58.2. The van der Waals surface area contributed by atoms with Crippen molar-refractivity contribution in [3.05, 3.63) is 96.8 Å². The molecule has 0 saturated carbocycles. The monoisotopic (exact) mass is 538 g/mol. The molecule has 0 radical (unpaired) electrons. The molecule has 0 saturated heterocycles. The minimum absolute atomic E-state index is 0.00612. The first-order chi connectivity index (χ1) is 17.3. The van der Waals surface area contributed by atoms with Gasteiger partial charge in [-0.05, 0) is 53.9 Å². The lowest BCUT2D eigenvalue weighted by molar-refractivity contribution is 0.600. The Labute approximate surface area is 211 Å². The first-order valence-corrected chi connectivity index (χ1v) is 14.3. The van der Waals surface area contributed by atoms with Crippen molar-refractivity contribution >= 4 is 43.0 Å². The molecule has 0 bridgehead atoms. The number of nitrogens with one attached hydrogen (secondary N) is 2. The Morgan fingerprint density at radius 1 is 0.750 bits per heavy atom. The second-order valence-corrected chi connectivity index (χ2v) is 11.7. The van der Waals surface area contributed by atoms with Crippen LogP contribution in [0.15, 0.2) is 107 Å². The van der Waals surface area contributed by atoms with Crippen LogP contribution in [-0.2, 0) is 20.0 Å². The number of anilines is 2. The fourth-order valence-corrected chi connectivity index (χ4v) is 6.24. The Morgan fingerprint density at radius 2 is 1.47 bits per heavy atom. The maximum atomic E-state index is 13.4. The van der Waals surface area contributed by atoms with Crippen molar-refractivity contribution in [2.75, 3.05) is 9.44 Å². The summed E-state index contributed by atoms with van der Waals surface area (Å²) in [6.07, 6.45) is 4.27. The Balaban J connectivity index is 1.43. The normalized spacial score (nSPS) is 11.8. The van der Waals surface area contributed by atoms with Crippen LogP contribution in [0.2, 0.25) is 0 Å². The number of nitrogens with zero attached hydrogens (tertiary/aromatic N) is 4. The number of hydrogen-bond donors (Lipinski definition) is 2. The second kappa shape index (κ2) is 9.53. The molecule has 0 aliphatic heterocycles. The number of rotatable bonds is 8.